The number of aryl methyl sites for hydroxylation is 2. The average Bonchev–Trinajstić information content (AvgIpc) is 2.75. The summed E-state index contributed by atoms with van der Waals surface area (Å²) in [5.74, 6) is 0.0761. The van der Waals surface area contributed by atoms with E-state index in [4.69, 9.17) is 0 Å². The highest BCUT2D eigenvalue weighted by Crippen LogP contribution is 2.21. The van der Waals surface area contributed by atoms with Gasteiger partial charge >= 0.3 is 0 Å². The number of quaternary nitrogens is 1. The van der Waals surface area contributed by atoms with E-state index in [2.05, 4.69) is 0 Å². The summed E-state index contributed by atoms with van der Waals surface area (Å²) >= 11 is 0. The van der Waals surface area contributed by atoms with E-state index < -0.39 is 10.0 Å². The molecule has 1 atom stereocenters. The second kappa shape index (κ2) is 9.29. The van der Waals surface area contributed by atoms with Crippen molar-refractivity contribution >= 4 is 15.9 Å². The molecule has 0 aromatic heterocycles. The van der Waals surface area contributed by atoms with Gasteiger partial charge in [-0.2, -0.15) is 4.31 Å². The molecule has 1 fully saturated rings. The van der Waals surface area contributed by atoms with Crippen molar-refractivity contribution in [3.63, 3.8) is 0 Å². The third-order valence-electron chi connectivity index (χ3n) is 6.05. The molecule has 2 aromatic rings. The Bertz CT molecular complexity index is 984. The standard InChI is InChI=1S/C23H31N3O3S/c1-18-10-11-19(2)22(16-18)30(28,29)26-14-12-25(13-15-26)17-23(27)24(4)20(3)21-8-6-5-7-9-21/h5-11,16,20H,12-15,17H2,1-4H3/p+1/t20-/m1/s1. The topological polar surface area (TPSA) is 62.1 Å². The zero-order valence-corrected chi connectivity index (χ0v) is 19.1. The molecule has 1 saturated heterocycles. The minimum Gasteiger partial charge on any atom is -0.334 e. The fourth-order valence-corrected chi connectivity index (χ4v) is 5.60. The zero-order chi connectivity index (χ0) is 21.9. The van der Waals surface area contributed by atoms with Crippen LogP contribution in [0.4, 0.5) is 0 Å². The summed E-state index contributed by atoms with van der Waals surface area (Å²) in [6.07, 6.45) is 0. The summed E-state index contributed by atoms with van der Waals surface area (Å²) in [5.41, 5.74) is 2.81. The number of amides is 1. The average molecular weight is 431 g/mol. The minimum absolute atomic E-state index is 0.00376. The molecule has 0 radical (unpaired) electrons. The first-order chi connectivity index (χ1) is 14.2. The SMILES string of the molecule is Cc1ccc(C)c(S(=O)(=O)N2CC[NH+](CC(=O)N(C)[C@H](C)c3ccccc3)CC2)c1. The van der Waals surface area contributed by atoms with Gasteiger partial charge in [0.05, 0.1) is 37.1 Å². The highest BCUT2D eigenvalue weighted by Gasteiger charge is 2.32. The Morgan fingerprint density at radius 3 is 2.37 bits per heavy atom. The summed E-state index contributed by atoms with van der Waals surface area (Å²) in [7, 11) is -1.67. The quantitative estimate of drug-likeness (QED) is 0.754. The Kier molecular flexibility index (Phi) is 6.95. The van der Waals surface area contributed by atoms with Crippen molar-refractivity contribution in [2.45, 2.75) is 31.7 Å². The van der Waals surface area contributed by atoms with Gasteiger partial charge in [-0.3, -0.25) is 4.79 Å². The van der Waals surface area contributed by atoms with Crippen LogP contribution in [0.2, 0.25) is 0 Å². The number of sulfonamides is 1. The lowest BCUT2D eigenvalue weighted by Crippen LogP contribution is -3.15. The molecule has 0 aliphatic carbocycles. The van der Waals surface area contributed by atoms with Crippen LogP contribution in [0.15, 0.2) is 53.4 Å². The molecule has 1 aliphatic heterocycles. The molecular formula is C23H32N3O3S+. The monoisotopic (exact) mass is 430 g/mol. The van der Waals surface area contributed by atoms with Gasteiger partial charge in [0.2, 0.25) is 10.0 Å². The lowest BCUT2D eigenvalue weighted by atomic mass is 10.1. The van der Waals surface area contributed by atoms with Crippen molar-refractivity contribution in [2.24, 2.45) is 0 Å². The number of nitrogens with zero attached hydrogens (tertiary/aromatic N) is 2. The third kappa shape index (κ3) is 4.91. The van der Waals surface area contributed by atoms with Crippen LogP contribution in [0.1, 0.15) is 29.7 Å². The van der Waals surface area contributed by atoms with E-state index in [1.165, 1.54) is 0 Å². The summed E-state index contributed by atoms with van der Waals surface area (Å²) in [5, 5.41) is 0. The fourth-order valence-electron chi connectivity index (χ4n) is 3.85. The van der Waals surface area contributed by atoms with E-state index in [1.807, 2.05) is 70.3 Å². The van der Waals surface area contributed by atoms with Crippen molar-refractivity contribution in [2.75, 3.05) is 39.8 Å². The summed E-state index contributed by atoms with van der Waals surface area (Å²) in [6.45, 7) is 8.25. The van der Waals surface area contributed by atoms with E-state index in [9.17, 15) is 13.2 Å². The van der Waals surface area contributed by atoms with Crippen molar-refractivity contribution in [1.82, 2.24) is 9.21 Å². The molecule has 0 spiro atoms. The number of rotatable bonds is 6. The molecule has 1 N–H and O–H groups in total. The van der Waals surface area contributed by atoms with Crippen LogP contribution in [0.5, 0.6) is 0 Å². The maximum Gasteiger partial charge on any atom is 0.278 e. The Balaban J connectivity index is 1.59. The van der Waals surface area contributed by atoms with Gasteiger partial charge in [-0.05, 0) is 43.5 Å². The van der Waals surface area contributed by atoms with E-state index in [0.29, 0.717) is 37.6 Å². The van der Waals surface area contributed by atoms with E-state index in [1.54, 1.807) is 15.3 Å². The van der Waals surface area contributed by atoms with Crippen LogP contribution >= 0.6 is 0 Å². The lowest BCUT2D eigenvalue weighted by Gasteiger charge is -2.33. The van der Waals surface area contributed by atoms with Crippen molar-refractivity contribution < 1.29 is 18.1 Å². The predicted molar refractivity (Wildman–Crippen MR) is 118 cm³/mol. The summed E-state index contributed by atoms with van der Waals surface area (Å²) < 4.78 is 27.7. The van der Waals surface area contributed by atoms with Crippen LogP contribution in [-0.4, -0.2) is 63.3 Å². The number of hydrogen-bond acceptors (Lipinski definition) is 3. The van der Waals surface area contributed by atoms with Crippen molar-refractivity contribution in [3.05, 3.63) is 65.2 Å². The molecule has 3 rings (SSSR count). The molecule has 0 unspecified atom stereocenters. The van der Waals surface area contributed by atoms with Gasteiger partial charge in [-0.15, -0.1) is 0 Å². The number of carbonyl (C=O) groups is 1. The minimum atomic E-state index is -3.51. The number of benzene rings is 2. The first kappa shape index (κ1) is 22.5. The van der Waals surface area contributed by atoms with Crippen molar-refractivity contribution in [1.29, 1.82) is 0 Å². The highest BCUT2D eigenvalue weighted by atomic mass is 32.2. The maximum atomic E-state index is 13.1. The molecular weight excluding hydrogens is 398 g/mol. The van der Waals surface area contributed by atoms with Crippen molar-refractivity contribution in [3.8, 4) is 0 Å². The number of nitrogens with one attached hydrogen (secondary N) is 1. The molecule has 1 amide bonds. The van der Waals surface area contributed by atoms with E-state index in [-0.39, 0.29) is 11.9 Å². The molecule has 30 heavy (non-hydrogen) atoms. The number of likely N-dealkylation sites (N-methyl/N-ethyl adjacent to an activating group) is 1. The second-order valence-electron chi connectivity index (χ2n) is 8.19. The maximum absolute atomic E-state index is 13.1. The Morgan fingerprint density at radius 1 is 1.10 bits per heavy atom. The van der Waals surface area contributed by atoms with Gasteiger partial charge in [0.1, 0.15) is 0 Å². The second-order valence-corrected chi connectivity index (χ2v) is 10.1. The zero-order valence-electron chi connectivity index (χ0n) is 18.3. The lowest BCUT2D eigenvalue weighted by molar-refractivity contribution is -0.896. The normalized spacial score (nSPS) is 16.9. The van der Waals surface area contributed by atoms with Gasteiger partial charge in [0.25, 0.3) is 5.91 Å². The Labute approximate surface area is 180 Å². The molecule has 0 bridgehead atoms. The smallest absolute Gasteiger partial charge is 0.278 e. The largest absolute Gasteiger partial charge is 0.334 e. The summed E-state index contributed by atoms with van der Waals surface area (Å²) in [4.78, 5) is 16.1. The first-order valence-electron chi connectivity index (χ1n) is 10.4. The van der Waals surface area contributed by atoms with Crippen LogP contribution in [0.3, 0.4) is 0 Å². The summed E-state index contributed by atoms with van der Waals surface area (Å²) in [6, 6.07) is 15.5. The number of carbonyl (C=O) groups excluding carboxylic acids is 1. The van der Waals surface area contributed by atoms with E-state index >= 15 is 0 Å². The van der Waals surface area contributed by atoms with E-state index in [0.717, 1.165) is 21.6 Å². The highest BCUT2D eigenvalue weighted by molar-refractivity contribution is 7.89. The van der Waals surface area contributed by atoms with Gasteiger partial charge < -0.3 is 9.80 Å². The van der Waals surface area contributed by atoms with Gasteiger partial charge in [-0.1, -0.05) is 42.5 Å². The number of piperazine rings is 1. The van der Waals surface area contributed by atoms with Crippen LogP contribution in [0, 0.1) is 13.8 Å². The Morgan fingerprint density at radius 2 is 1.73 bits per heavy atom. The molecule has 1 aliphatic rings. The molecule has 6 nitrogen and oxygen atoms in total. The Hall–Kier alpha value is -2.22. The van der Waals surface area contributed by atoms with Gasteiger partial charge in [-0.25, -0.2) is 8.42 Å². The van der Waals surface area contributed by atoms with Crippen LogP contribution < -0.4 is 4.90 Å². The van der Waals surface area contributed by atoms with Gasteiger partial charge in [0, 0.05) is 7.05 Å². The third-order valence-corrected chi connectivity index (χ3v) is 8.09. The molecule has 1 heterocycles. The van der Waals surface area contributed by atoms with Crippen LogP contribution in [0.25, 0.3) is 0 Å². The fraction of sp³-hybridized carbons (Fsp3) is 0.435. The van der Waals surface area contributed by atoms with Gasteiger partial charge in [0.15, 0.2) is 6.54 Å². The molecule has 7 heteroatoms. The van der Waals surface area contributed by atoms with Crippen LogP contribution in [-0.2, 0) is 14.8 Å². The molecule has 2 aromatic carbocycles. The molecule has 0 saturated carbocycles. The molecule has 162 valence electrons. The number of hydrogen-bond donors (Lipinski definition) is 1. The first-order valence-corrected chi connectivity index (χ1v) is 11.9. The predicted octanol–water partition coefficient (Wildman–Crippen LogP) is 1.41.